The highest BCUT2D eigenvalue weighted by Gasteiger charge is 2.51. The number of methoxy groups -OCH3 is 2. The smallest absolute Gasteiger partial charge is 0.306 e. The van der Waals surface area contributed by atoms with E-state index < -0.39 is 119 Å². The third kappa shape index (κ3) is 11.2. The Morgan fingerprint density at radius 1 is 0.857 bits per heavy atom. The van der Waals surface area contributed by atoms with E-state index in [1.54, 1.807) is 60.4 Å². The number of aromatic hydroxyl groups is 2. The number of phenolic OH excluding ortho intramolecular Hbond substituents is 2. The zero-order chi connectivity index (χ0) is 59.7. The molecular formula is C60H61N5O19. The Balaban J connectivity index is 0.685. The lowest BCUT2D eigenvalue weighted by molar-refractivity contribution is -0.247. The van der Waals surface area contributed by atoms with Crippen molar-refractivity contribution in [3.8, 4) is 40.1 Å². The highest BCUT2D eigenvalue weighted by molar-refractivity contribution is 6.45. The Labute approximate surface area is 479 Å². The molecule has 4 heterocycles. The number of hydrogen-bond donors (Lipinski definition) is 7. The summed E-state index contributed by atoms with van der Waals surface area (Å²) in [7, 11) is 2.77. The molecule has 440 valence electrons. The number of H-pyrrole nitrogens is 1. The first kappa shape index (κ1) is 58.3. The van der Waals surface area contributed by atoms with E-state index in [9.17, 15) is 58.8 Å². The van der Waals surface area contributed by atoms with Crippen LogP contribution in [0.3, 0.4) is 0 Å². The molecule has 0 spiro atoms. The first-order valence-corrected chi connectivity index (χ1v) is 27.2. The molecule has 6 atom stereocenters. The average Bonchev–Trinajstić information content (AvgIpc) is 1.07. The second kappa shape index (κ2) is 24.1. The molecule has 8 N–H and O–H groups in total. The van der Waals surface area contributed by atoms with Gasteiger partial charge in [-0.3, -0.25) is 38.4 Å². The number of ether oxygens (including phenoxy) is 6. The molecule has 0 radical (unpaired) electrons. The van der Waals surface area contributed by atoms with E-state index in [4.69, 9.17) is 38.6 Å². The van der Waals surface area contributed by atoms with Gasteiger partial charge in [0.25, 0.3) is 17.6 Å². The largest absolute Gasteiger partial charge is 0.507 e. The van der Waals surface area contributed by atoms with Crippen LogP contribution in [0.4, 0.5) is 0 Å². The number of Topliss-reactive ketones (excluding diaryl/α,β-unsaturated/α-hetero) is 2. The van der Waals surface area contributed by atoms with Gasteiger partial charge in [-0.1, -0.05) is 18.2 Å². The maximum Gasteiger partial charge on any atom is 0.306 e. The van der Waals surface area contributed by atoms with Crippen LogP contribution in [0.15, 0.2) is 83.6 Å². The van der Waals surface area contributed by atoms with Crippen LogP contribution < -0.4 is 25.3 Å². The van der Waals surface area contributed by atoms with E-state index in [1.807, 2.05) is 0 Å². The fraction of sp³-hybridized carbons (Fsp3) is 0.367. The van der Waals surface area contributed by atoms with Gasteiger partial charge < -0.3 is 79.1 Å². The minimum atomic E-state index is -2.45. The van der Waals surface area contributed by atoms with Gasteiger partial charge in [0.15, 0.2) is 18.7 Å². The molecule has 2 aliphatic heterocycles. The molecule has 24 heteroatoms. The van der Waals surface area contributed by atoms with Crippen molar-refractivity contribution in [3.05, 3.63) is 124 Å². The Hall–Kier alpha value is -8.94. The summed E-state index contributed by atoms with van der Waals surface area (Å²) in [6, 6.07) is 16.9. The van der Waals surface area contributed by atoms with Crippen LogP contribution in [0.5, 0.6) is 28.7 Å². The number of nitrogens with zero attached hydrogens (tertiary/aromatic N) is 2. The number of nitrogens with one attached hydrogen (secondary N) is 2. The number of amides is 3. The van der Waals surface area contributed by atoms with Gasteiger partial charge >= 0.3 is 5.97 Å². The van der Waals surface area contributed by atoms with Crippen molar-refractivity contribution >= 4 is 57.7 Å². The molecule has 3 amide bonds. The lowest BCUT2D eigenvalue weighted by Gasteiger charge is -2.42. The van der Waals surface area contributed by atoms with Gasteiger partial charge in [0.05, 0.1) is 78.5 Å². The van der Waals surface area contributed by atoms with Crippen LogP contribution in [-0.2, 0) is 39.8 Å². The minimum absolute atomic E-state index is 0.0139. The highest BCUT2D eigenvalue weighted by atomic mass is 16.7. The molecule has 0 saturated carbocycles. The Bertz CT molecular complexity index is 3590. The molecule has 1 unspecified atom stereocenters. The molecule has 0 bridgehead atoms. The lowest BCUT2D eigenvalue weighted by Crippen LogP contribution is -2.53. The number of piperazine rings is 1. The predicted molar refractivity (Wildman–Crippen MR) is 294 cm³/mol. The Morgan fingerprint density at radius 2 is 1.60 bits per heavy atom. The number of aliphatic hydroxyl groups excluding tert-OH is 1. The maximum absolute atomic E-state index is 14.1. The number of furan rings is 1. The van der Waals surface area contributed by atoms with Crippen LogP contribution in [0.2, 0.25) is 0 Å². The molecule has 2 aliphatic carbocycles. The first-order chi connectivity index (χ1) is 40.3. The second-order valence-corrected chi connectivity index (χ2v) is 20.9. The Morgan fingerprint density at radius 3 is 2.32 bits per heavy atom. The first-order valence-electron chi connectivity index (χ1n) is 27.2. The number of phenols is 2. The van der Waals surface area contributed by atoms with Gasteiger partial charge in [-0.05, 0) is 61.9 Å². The number of hydrogen-bond acceptors (Lipinski definition) is 20. The van der Waals surface area contributed by atoms with E-state index in [0.717, 1.165) is 0 Å². The number of ketones is 4. The molecule has 10 rings (SSSR count). The summed E-state index contributed by atoms with van der Waals surface area (Å²) in [6.07, 6.45) is -3.35. The monoisotopic (exact) mass is 1160 g/mol. The summed E-state index contributed by atoms with van der Waals surface area (Å²) in [5.41, 5.74) is 3.58. The minimum Gasteiger partial charge on any atom is -0.507 e. The summed E-state index contributed by atoms with van der Waals surface area (Å²) in [4.78, 5) is 114. The highest BCUT2D eigenvalue weighted by Crippen LogP contribution is 2.53. The maximum atomic E-state index is 14.1. The van der Waals surface area contributed by atoms with E-state index in [2.05, 4.69) is 10.3 Å². The molecule has 2 saturated heterocycles. The third-order valence-electron chi connectivity index (χ3n) is 15.7. The number of aromatic nitrogens is 1. The van der Waals surface area contributed by atoms with E-state index in [1.165, 1.54) is 49.8 Å². The van der Waals surface area contributed by atoms with Gasteiger partial charge in [-0.15, -0.1) is 0 Å². The van der Waals surface area contributed by atoms with Crippen LogP contribution in [0.1, 0.15) is 109 Å². The summed E-state index contributed by atoms with van der Waals surface area (Å²) >= 11 is 0. The molecular weight excluding hydrogens is 1090 g/mol. The number of rotatable bonds is 19. The van der Waals surface area contributed by atoms with Gasteiger partial charge in [0.2, 0.25) is 17.5 Å². The number of aliphatic hydroxyl groups is 2. The van der Waals surface area contributed by atoms with Crippen molar-refractivity contribution in [1.82, 2.24) is 20.1 Å². The molecule has 4 aliphatic rings. The van der Waals surface area contributed by atoms with Gasteiger partial charge in [-0.2, -0.15) is 0 Å². The van der Waals surface area contributed by atoms with Gasteiger partial charge in [0.1, 0.15) is 46.7 Å². The fourth-order valence-corrected chi connectivity index (χ4v) is 11.3. The van der Waals surface area contributed by atoms with Gasteiger partial charge in [0, 0.05) is 98.3 Å². The number of fused-ring (bicyclic) bond motifs is 4. The van der Waals surface area contributed by atoms with Crippen LogP contribution in [0.25, 0.3) is 22.2 Å². The molecule has 24 nitrogen and oxygen atoms in total. The molecule has 6 aromatic rings. The van der Waals surface area contributed by atoms with Crippen molar-refractivity contribution in [2.45, 2.75) is 81.7 Å². The summed E-state index contributed by atoms with van der Waals surface area (Å²) < 4.78 is 39.6. The Kier molecular flexibility index (Phi) is 16.7. The number of nitrogens with two attached hydrogens (primary N) is 1. The van der Waals surface area contributed by atoms with Crippen molar-refractivity contribution in [2.24, 2.45) is 5.73 Å². The number of aromatic amines is 1. The van der Waals surface area contributed by atoms with E-state index in [0.29, 0.717) is 39.3 Å². The molecule has 2 aromatic heterocycles. The topological polar surface area (TPSA) is 346 Å². The van der Waals surface area contributed by atoms with Crippen molar-refractivity contribution in [1.29, 1.82) is 0 Å². The van der Waals surface area contributed by atoms with Crippen molar-refractivity contribution in [3.63, 3.8) is 0 Å². The fourth-order valence-electron chi connectivity index (χ4n) is 11.3. The zero-order valence-corrected chi connectivity index (χ0v) is 46.0. The second-order valence-electron chi connectivity index (χ2n) is 20.9. The molecule has 2 fully saturated rings. The number of carbonyl (C=O) groups excluding carboxylic acids is 8. The summed E-state index contributed by atoms with van der Waals surface area (Å²) in [5, 5.41) is 49.3. The molecule has 4 aromatic carbocycles. The third-order valence-corrected chi connectivity index (χ3v) is 15.7. The quantitative estimate of drug-likeness (QED) is 0.0199. The lowest BCUT2D eigenvalue weighted by atomic mass is 9.72. The number of benzene rings is 4. The average molecular weight is 1160 g/mol. The van der Waals surface area contributed by atoms with Crippen molar-refractivity contribution in [2.75, 3.05) is 60.2 Å². The number of esters is 1. The number of carbonyl (C=O) groups is 8. The van der Waals surface area contributed by atoms with E-state index in [-0.39, 0.29) is 104 Å². The summed E-state index contributed by atoms with van der Waals surface area (Å²) in [6.45, 7) is 1.27. The normalized spacial score (nSPS) is 21.0. The van der Waals surface area contributed by atoms with Crippen LogP contribution in [0, 0.1) is 0 Å². The van der Waals surface area contributed by atoms with Crippen LogP contribution in [-0.4, -0.2) is 172 Å². The SMILES string of the molecule is COc1cccc2c1C(=O)c1c(O)c3c(c(O)c1C2=O)C[C@@](O)(C(=O)COC(=O)CCCC(=O)NCCOc1cccc(C(=O)N2CCN(C(=O)C(=O)c4c[nH]c5c(-c6ccco6)ccc(OC)c45)CC2)c1)C[C@@H]3O[C@H]1CC(N)[C@H](O)[C@H](C)O1. The zero-order valence-electron chi connectivity index (χ0n) is 46.0. The standard InChI is InChI=1S/C60H61N5O19/c1-30-52(69)37(61)25-45(83-30)84-41-27-60(77,26-35-48(41)57(74)50-49(54(35)71)53(70)34-10-5-11-39(78-2)47(34)56(50)73)42(66)29-82-44(68)14-6-13-43(67)62-17-23-80-32-9-4-8-31(24-32)58(75)64-18-20-65(21-19-64)59(76)55(72)36-28-63-51-33(38-12-7-22-81-38)15-16-40(79-3)46(36)51/h4-5,7-12,15-16,22,24,28,30,37,41,45,52,63,69,71,74,77H,6,13-14,17-21,23,25-27,29,61H2,1-3H3,(H,62,67)/t30-,37?,41-,45-,52+,60-/m0/s1. The summed E-state index contributed by atoms with van der Waals surface area (Å²) in [5.74, 6) is -5.92. The molecule has 84 heavy (non-hydrogen) atoms. The predicted octanol–water partition coefficient (Wildman–Crippen LogP) is 3.83. The van der Waals surface area contributed by atoms with Crippen molar-refractivity contribution < 1.29 is 91.6 Å². The van der Waals surface area contributed by atoms with Gasteiger partial charge in [-0.25, -0.2) is 0 Å². The van der Waals surface area contributed by atoms with E-state index >= 15 is 0 Å². The van der Waals surface area contributed by atoms with Crippen LogP contribution >= 0.6 is 0 Å².